The normalized spacial score (nSPS) is 12.5. The Kier molecular flexibility index (Phi) is 4.72. The van der Waals surface area contributed by atoms with Crippen LogP contribution < -0.4 is 5.32 Å². The Morgan fingerprint density at radius 1 is 0.762 bits per heavy atom. The molecule has 0 amide bonds. The summed E-state index contributed by atoms with van der Waals surface area (Å²) in [5.41, 5.74) is 8.03. The van der Waals surface area contributed by atoms with Crippen LogP contribution in [0.3, 0.4) is 0 Å². The first kappa shape index (κ1) is 15.6. The maximum atomic E-state index is 3.61. The summed E-state index contributed by atoms with van der Waals surface area (Å²) in [6.07, 6.45) is 0. The lowest BCUT2D eigenvalue weighted by molar-refractivity contribution is 0.859. The summed E-state index contributed by atoms with van der Waals surface area (Å²) in [4.78, 5) is 0. The van der Waals surface area contributed by atoms with Crippen molar-refractivity contribution in [2.45, 2.75) is 53.5 Å². The highest BCUT2D eigenvalue weighted by molar-refractivity contribution is 5.49. The number of rotatable bonds is 4. The van der Waals surface area contributed by atoms with Crippen molar-refractivity contribution in [3.63, 3.8) is 0 Å². The molecule has 0 spiro atoms. The average Bonchev–Trinajstić information content (AvgIpc) is 2.43. The van der Waals surface area contributed by atoms with Gasteiger partial charge in [-0.25, -0.2) is 0 Å². The zero-order valence-corrected chi connectivity index (χ0v) is 14.1. The van der Waals surface area contributed by atoms with Gasteiger partial charge in [0.05, 0.1) is 0 Å². The molecule has 2 aromatic rings. The number of nitrogens with one attached hydrogen (secondary N) is 1. The summed E-state index contributed by atoms with van der Waals surface area (Å²) >= 11 is 0. The van der Waals surface area contributed by atoms with E-state index in [0.717, 1.165) is 0 Å². The fraction of sp³-hybridized carbons (Fsp3) is 0.400. The second-order valence-electron chi connectivity index (χ2n) is 6.44. The molecule has 0 aromatic heterocycles. The predicted octanol–water partition coefficient (Wildman–Crippen LogP) is 5.91. The van der Waals surface area contributed by atoms with Crippen LogP contribution in [0, 0.1) is 20.8 Å². The van der Waals surface area contributed by atoms with E-state index >= 15 is 0 Å². The van der Waals surface area contributed by atoms with Gasteiger partial charge >= 0.3 is 0 Å². The van der Waals surface area contributed by atoms with Crippen LogP contribution in [-0.2, 0) is 0 Å². The molecule has 1 nitrogen and oxygen atoms in total. The number of benzene rings is 2. The molecule has 1 atom stereocenters. The van der Waals surface area contributed by atoms with Crippen molar-refractivity contribution in [2.24, 2.45) is 0 Å². The summed E-state index contributed by atoms with van der Waals surface area (Å²) in [5.74, 6) is 0.582. The minimum absolute atomic E-state index is 0.314. The van der Waals surface area contributed by atoms with Gasteiger partial charge in [-0.3, -0.25) is 0 Å². The Balaban J connectivity index is 2.17. The Labute approximate surface area is 129 Å². The van der Waals surface area contributed by atoms with Gasteiger partial charge in [-0.15, -0.1) is 0 Å². The number of hydrogen-bond donors (Lipinski definition) is 1. The molecule has 0 saturated carbocycles. The van der Waals surface area contributed by atoms with Gasteiger partial charge in [-0.05, 0) is 73.6 Å². The van der Waals surface area contributed by atoms with Crippen molar-refractivity contribution < 1.29 is 0 Å². The number of aryl methyl sites for hydroxylation is 3. The highest BCUT2D eigenvalue weighted by Crippen LogP contribution is 2.26. The quantitative estimate of drug-likeness (QED) is 0.734. The molecule has 2 rings (SSSR count). The van der Waals surface area contributed by atoms with Crippen LogP contribution in [-0.4, -0.2) is 0 Å². The molecular weight excluding hydrogens is 254 g/mol. The van der Waals surface area contributed by atoms with E-state index in [1.165, 1.54) is 33.5 Å². The van der Waals surface area contributed by atoms with Crippen molar-refractivity contribution >= 4 is 5.69 Å². The molecule has 21 heavy (non-hydrogen) atoms. The molecule has 0 saturated heterocycles. The molecule has 0 bridgehead atoms. The molecule has 112 valence electrons. The van der Waals surface area contributed by atoms with E-state index in [4.69, 9.17) is 0 Å². The van der Waals surface area contributed by atoms with Crippen molar-refractivity contribution in [2.75, 3.05) is 5.32 Å². The summed E-state index contributed by atoms with van der Waals surface area (Å²) in [7, 11) is 0. The van der Waals surface area contributed by atoms with E-state index in [0.29, 0.717) is 12.0 Å². The van der Waals surface area contributed by atoms with E-state index in [2.05, 4.69) is 83.3 Å². The van der Waals surface area contributed by atoms with Crippen LogP contribution in [0.1, 0.15) is 60.5 Å². The number of hydrogen-bond acceptors (Lipinski definition) is 1. The standard InChI is InChI=1S/C20H27N/c1-13(2)18-7-9-19(10-8-18)21-17(6)20-12-15(4)14(3)11-16(20)5/h7-13,17,21H,1-6H3. The minimum Gasteiger partial charge on any atom is -0.379 e. The smallest absolute Gasteiger partial charge is 0.0488 e. The molecule has 1 heteroatoms. The van der Waals surface area contributed by atoms with E-state index in [9.17, 15) is 0 Å². The van der Waals surface area contributed by atoms with Gasteiger partial charge in [0.2, 0.25) is 0 Å². The molecule has 0 radical (unpaired) electrons. The third-order valence-corrected chi connectivity index (χ3v) is 4.31. The third kappa shape index (κ3) is 3.66. The van der Waals surface area contributed by atoms with E-state index in [1.54, 1.807) is 0 Å². The van der Waals surface area contributed by atoms with Crippen LogP contribution in [0.15, 0.2) is 36.4 Å². The third-order valence-electron chi connectivity index (χ3n) is 4.31. The van der Waals surface area contributed by atoms with Gasteiger partial charge in [0.25, 0.3) is 0 Å². The first-order chi connectivity index (χ1) is 9.88. The largest absolute Gasteiger partial charge is 0.379 e. The Morgan fingerprint density at radius 3 is 1.90 bits per heavy atom. The van der Waals surface area contributed by atoms with Gasteiger partial charge < -0.3 is 5.32 Å². The Morgan fingerprint density at radius 2 is 1.33 bits per heavy atom. The van der Waals surface area contributed by atoms with Crippen LogP contribution >= 0.6 is 0 Å². The number of anilines is 1. The van der Waals surface area contributed by atoms with Crippen molar-refractivity contribution in [1.82, 2.24) is 0 Å². The van der Waals surface area contributed by atoms with Crippen LogP contribution in [0.5, 0.6) is 0 Å². The van der Waals surface area contributed by atoms with Crippen LogP contribution in [0.25, 0.3) is 0 Å². The Hall–Kier alpha value is -1.76. The highest BCUT2D eigenvalue weighted by Gasteiger charge is 2.10. The second-order valence-corrected chi connectivity index (χ2v) is 6.44. The molecule has 1 N–H and O–H groups in total. The maximum Gasteiger partial charge on any atom is 0.0488 e. The zero-order valence-electron chi connectivity index (χ0n) is 14.1. The molecule has 1 unspecified atom stereocenters. The fourth-order valence-electron chi connectivity index (χ4n) is 2.74. The van der Waals surface area contributed by atoms with E-state index in [-0.39, 0.29) is 0 Å². The summed E-state index contributed by atoms with van der Waals surface area (Å²) in [6, 6.07) is 13.7. The lowest BCUT2D eigenvalue weighted by Crippen LogP contribution is -2.09. The van der Waals surface area contributed by atoms with Crippen molar-refractivity contribution in [3.8, 4) is 0 Å². The van der Waals surface area contributed by atoms with Crippen molar-refractivity contribution in [1.29, 1.82) is 0 Å². The van der Waals surface area contributed by atoms with Crippen LogP contribution in [0.2, 0.25) is 0 Å². The van der Waals surface area contributed by atoms with Crippen molar-refractivity contribution in [3.05, 3.63) is 64.2 Å². The van der Waals surface area contributed by atoms with Gasteiger partial charge in [0.15, 0.2) is 0 Å². The summed E-state index contributed by atoms with van der Waals surface area (Å²) in [6.45, 7) is 13.2. The van der Waals surface area contributed by atoms with Crippen LogP contribution in [0.4, 0.5) is 5.69 Å². The summed E-state index contributed by atoms with van der Waals surface area (Å²) in [5, 5.41) is 3.61. The topological polar surface area (TPSA) is 12.0 Å². The SMILES string of the molecule is Cc1cc(C)c(C(C)Nc2ccc(C(C)C)cc2)cc1C. The molecule has 0 aliphatic carbocycles. The first-order valence-corrected chi connectivity index (χ1v) is 7.82. The fourth-order valence-corrected chi connectivity index (χ4v) is 2.74. The monoisotopic (exact) mass is 281 g/mol. The first-order valence-electron chi connectivity index (χ1n) is 7.82. The highest BCUT2D eigenvalue weighted by atomic mass is 14.9. The maximum absolute atomic E-state index is 3.61. The van der Waals surface area contributed by atoms with Gasteiger partial charge in [0.1, 0.15) is 0 Å². The molecule has 0 heterocycles. The minimum atomic E-state index is 0.314. The molecule has 0 fully saturated rings. The zero-order chi connectivity index (χ0) is 15.6. The predicted molar refractivity (Wildman–Crippen MR) is 93.2 cm³/mol. The summed E-state index contributed by atoms with van der Waals surface area (Å²) < 4.78 is 0. The molecule has 0 aliphatic rings. The van der Waals surface area contributed by atoms with E-state index in [1.807, 2.05) is 0 Å². The molecular formula is C20H27N. The lowest BCUT2D eigenvalue weighted by Gasteiger charge is -2.20. The van der Waals surface area contributed by atoms with Gasteiger partial charge in [0, 0.05) is 11.7 Å². The lowest BCUT2D eigenvalue weighted by atomic mass is 9.96. The Bertz CT molecular complexity index is 608. The molecule has 2 aromatic carbocycles. The average molecular weight is 281 g/mol. The van der Waals surface area contributed by atoms with E-state index < -0.39 is 0 Å². The van der Waals surface area contributed by atoms with Gasteiger partial charge in [-0.2, -0.15) is 0 Å². The second kappa shape index (κ2) is 6.34. The molecule has 0 aliphatic heterocycles. The van der Waals surface area contributed by atoms with Gasteiger partial charge in [-0.1, -0.05) is 38.1 Å².